The predicted octanol–water partition coefficient (Wildman–Crippen LogP) is 2.05. The average Bonchev–Trinajstić information content (AvgIpc) is 3.16. The molecule has 0 radical (unpaired) electrons. The molecule has 10 nitrogen and oxygen atoms in total. The zero-order chi connectivity index (χ0) is 29.2. The maximum atomic E-state index is 12.7. The van der Waals surface area contributed by atoms with Gasteiger partial charge in [0.2, 0.25) is 0 Å². The molecule has 1 aliphatic heterocycles. The Morgan fingerprint density at radius 3 is 2.40 bits per heavy atom. The number of sulfonamides is 1. The number of imide groups is 1. The smallest absolute Gasteiger partial charge is 0.328 e. The summed E-state index contributed by atoms with van der Waals surface area (Å²) in [7, 11) is -4.31. The van der Waals surface area contributed by atoms with Gasteiger partial charge in [-0.25, -0.2) is 22.7 Å². The highest BCUT2D eigenvalue weighted by Crippen LogP contribution is 2.24. The highest BCUT2D eigenvalue weighted by Gasteiger charge is 2.31. The number of aliphatic hydroxyl groups is 1. The van der Waals surface area contributed by atoms with E-state index < -0.39 is 40.9 Å². The molecule has 4 N–H and O–H groups in total. The second-order valence-electron chi connectivity index (χ2n) is 8.69. The van der Waals surface area contributed by atoms with Gasteiger partial charge in [0, 0.05) is 30.2 Å². The number of rotatable bonds is 8. The van der Waals surface area contributed by atoms with Gasteiger partial charge < -0.3 is 15.7 Å². The molecule has 2 aliphatic rings. The van der Waals surface area contributed by atoms with Crippen LogP contribution in [0.1, 0.15) is 57.0 Å². The molecule has 0 unspecified atom stereocenters. The molecular formula is C24H34N4O6S. The highest BCUT2D eigenvalue weighted by molar-refractivity contribution is 7.90. The summed E-state index contributed by atoms with van der Waals surface area (Å²) in [6.45, 7) is 0.524. The van der Waals surface area contributed by atoms with Gasteiger partial charge in [0.15, 0.2) is 0 Å². The van der Waals surface area contributed by atoms with Gasteiger partial charge in [-0.15, -0.1) is 0 Å². The molecule has 0 atom stereocenters. The van der Waals surface area contributed by atoms with Gasteiger partial charge in [-0.1, -0.05) is 19.1 Å². The van der Waals surface area contributed by atoms with Crippen LogP contribution in [-0.2, 0) is 21.2 Å². The number of benzene rings is 1. The lowest BCUT2D eigenvalue weighted by molar-refractivity contribution is -0.123. The van der Waals surface area contributed by atoms with E-state index in [1.807, 2.05) is 10.0 Å². The first kappa shape index (κ1) is 21.4. The van der Waals surface area contributed by atoms with Crippen molar-refractivity contribution in [1.82, 2.24) is 20.3 Å². The van der Waals surface area contributed by atoms with E-state index in [4.69, 9.17) is 5.48 Å². The van der Waals surface area contributed by atoms with Crippen LogP contribution in [0.25, 0.3) is 0 Å². The van der Waals surface area contributed by atoms with Crippen LogP contribution in [-0.4, -0.2) is 62.1 Å². The lowest BCUT2D eigenvalue weighted by atomic mass is 9.87. The maximum absolute atomic E-state index is 12.7. The summed E-state index contributed by atoms with van der Waals surface area (Å²) >= 11 is 0. The molecule has 35 heavy (non-hydrogen) atoms. The number of aliphatic hydroxyl groups excluding tert-OH is 1. The molecule has 1 fully saturated rings. The summed E-state index contributed by atoms with van der Waals surface area (Å²) in [6.07, 6.45) is 0.250. The molecule has 0 aromatic heterocycles. The Kier molecular flexibility index (Phi) is 7.13. The molecule has 0 saturated heterocycles. The molecule has 1 heterocycles. The number of amides is 5. The van der Waals surface area contributed by atoms with Crippen molar-refractivity contribution < 1.29 is 33.4 Å². The highest BCUT2D eigenvalue weighted by atomic mass is 32.2. The third kappa shape index (κ3) is 6.82. The fraction of sp³-hybridized carbons (Fsp3) is 0.542. The van der Waals surface area contributed by atoms with E-state index in [-0.39, 0.29) is 35.6 Å². The lowest BCUT2D eigenvalue weighted by Crippen LogP contribution is -2.45. The topological polar surface area (TPSA) is 145 Å². The normalized spacial score (nSPS) is 23.2. The molecule has 11 heteroatoms. The van der Waals surface area contributed by atoms with E-state index in [0.717, 1.165) is 42.0 Å². The second-order valence-corrected chi connectivity index (χ2v) is 10.4. The first-order valence-corrected chi connectivity index (χ1v) is 13.0. The summed E-state index contributed by atoms with van der Waals surface area (Å²) in [4.78, 5) is 37.8. The largest absolute Gasteiger partial charge is 0.396 e. The number of hydrogen-bond donors (Lipinski definition) is 4. The van der Waals surface area contributed by atoms with Crippen LogP contribution >= 0.6 is 0 Å². The number of aryl methyl sites for hydroxylation is 1. The molecular weight excluding hydrogens is 472 g/mol. The van der Waals surface area contributed by atoms with Crippen LogP contribution in [0.2, 0.25) is 0 Å². The van der Waals surface area contributed by atoms with Crippen molar-refractivity contribution in [2.75, 3.05) is 19.6 Å². The maximum Gasteiger partial charge on any atom is 0.328 e. The van der Waals surface area contributed by atoms with Crippen LogP contribution in [0, 0.1) is 5.92 Å². The van der Waals surface area contributed by atoms with E-state index in [2.05, 4.69) is 5.32 Å². The molecule has 0 bridgehead atoms. The summed E-state index contributed by atoms with van der Waals surface area (Å²) in [5.41, 5.74) is 0.851. The Bertz CT molecular complexity index is 1250. The summed E-state index contributed by atoms with van der Waals surface area (Å²) < 4.78 is 60.3. The summed E-state index contributed by atoms with van der Waals surface area (Å²) in [6, 6.07) is 1.93. The van der Waals surface area contributed by atoms with Crippen LogP contribution < -0.4 is 15.4 Å². The molecule has 5 amide bonds. The molecule has 1 saturated carbocycles. The zero-order valence-electron chi connectivity index (χ0n) is 23.8. The van der Waals surface area contributed by atoms with Crippen LogP contribution in [0.3, 0.4) is 0 Å². The predicted molar refractivity (Wildman–Crippen MR) is 130 cm³/mol. The van der Waals surface area contributed by atoms with Crippen molar-refractivity contribution in [3.63, 3.8) is 0 Å². The average molecular weight is 511 g/mol. The van der Waals surface area contributed by atoms with Crippen molar-refractivity contribution in [2.45, 2.75) is 63.3 Å². The molecule has 1 aromatic carbocycles. The third-order valence-electron chi connectivity index (χ3n) is 6.22. The Hall–Kier alpha value is -2.92. The molecule has 192 valence electrons. The van der Waals surface area contributed by atoms with Crippen LogP contribution in [0.4, 0.5) is 9.59 Å². The van der Waals surface area contributed by atoms with E-state index in [9.17, 15) is 27.9 Å². The standard InChI is InChI=1S/C24H34N4O6S/c1-3-21-16(2)14-28(22(21)30)24(32)25-13-12-17-6-10-20(11-7-17)35(33,34)27-23(31)26-19-8-4-18(15-29)5-9-19/h6-7,10-11,18-19,29H,3-5,8-9,12-15H2,1-2H3,(H,25,32)(H2,26,27,31)/i12D2,13D2. The minimum absolute atomic E-state index is 0.0238. The fourth-order valence-corrected chi connectivity index (χ4v) is 5.11. The first-order valence-electron chi connectivity index (χ1n) is 13.5. The minimum atomic E-state index is -4.31. The van der Waals surface area contributed by atoms with Gasteiger partial charge in [-0.05, 0) is 74.6 Å². The third-order valence-corrected chi connectivity index (χ3v) is 7.57. The van der Waals surface area contributed by atoms with Gasteiger partial charge in [-0.3, -0.25) is 9.69 Å². The van der Waals surface area contributed by atoms with Gasteiger partial charge in [0.05, 0.1) is 11.4 Å². The van der Waals surface area contributed by atoms with Crippen molar-refractivity contribution >= 4 is 28.0 Å². The van der Waals surface area contributed by atoms with Crippen molar-refractivity contribution in [3.8, 4) is 0 Å². The number of carbonyl (C=O) groups excluding carboxylic acids is 3. The number of carbonyl (C=O) groups is 3. The SMILES string of the molecule is [2H]C([2H])(NC(=O)N1CC(C)=C(CC)C1=O)C([2H])([2H])c1ccc(S(=O)(=O)NC(=O)NC2CCC(CO)CC2)cc1. The Balaban J connectivity index is 1.65. The lowest BCUT2D eigenvalue weighted by Gasteiger charge is -2.27. The number of nitrogens with zero attached hydrogens (tertiary/aromatic N) is 1. The van der Waals surface area contributed by atoms with Gasteiger partial charge in [0.1, 0.15) is 0 Å². The number of nitrogens with one attached hydrogen (secondary N) is 3. The van der Waals surface area contributed by atoms with Gasteiger partial charge >= 0.3 is 12.1 Å². The zero-order valence-corrected chi connectivity index (χ0v) is 20.6. The van der Waals surface area contributed by atoms with Crippen molar-refractivity contribution in [2.24, 2.45) is 5.92 Å². The van der Waals surface area contributed by atoms with Gasteiger partial charge in [-0.2, -0.15) is 0 Å². The minimum Gasteiger partial charge on any atom is -0.396 e. The molecule has 1 aliphatic carbocycles. The first-order chi connectivity index (χ1) is 18.1. The van der Waals surface area contributed by atoms with Crippen molar-refractivity contribution in [1.29, 1.82) is 0 Å². The quantitative estimate of drug-likeness (QED) is 0.421. The number of hydrogen-bond acceptors (Lipinski definition) is 6. The Morgan fingerprint density at radius 1 is 1.17 bits per heavy atom. The van der Waals surface area contributed by atoms with Crippen molar-refractivity contribution in [3.05, 3.63) is 41.0 Å². The Morgan fingerprint density at radius 2 is 1.83 bits per heavy atom. The number of urea groups is 2. The van der Waals surface area contributed by atoms with Crippen LogP contribution in [0.5, 0.6) is 0 Å². The second kappa shape index (κ2) is 11.7. The van der Waals surface area contributed by atoms with E-state index in [1.165, 1.54) is 0 Å². The molecule has 3 rings (SSSR count). The fourth-order valence-electron chi connectivity index (χ4n) is 4.19. The summed E-state index contributed by atoms with van der Waals surface area (Å²) in [5, 5.41) is 13.8. The molecule has 0 spiro atoms. The van der Waals surface area contributed by atoms with E-state index >= 15 is 0 Å². The van der Waals surface area contributed by atoms with E-state index in [0.29, 0.717) is 30.4 Å². The van der Waals surface area contributed by atoms with E-state index in [1.54, 1.807) is 13.8 Å². The monoisotopic (exact) mass is 510 g/mol. The Labute approximate surface area is 211 Å². The summed E-state index contributed by atoms with van der Waals surface area (Å²) in [5.74, 6) is -0.389. The van der Waals surface area contributed by atoms with Crippen LogP contribution in [0.15, 0.2) is 40.3 Å². The molecule has 1 aromatic rings. The van der Waals surface area contributed by atoms with Gasteiger partial charge in [0.25, 0.3) is 15.9 Å².